The lowest BCUT2D eigenvalue weighted by Crippen LogP contribution is -2.39. The number of hydrogen-bond acceptors (Lipinski definition) is 4. The van der Waals surface area contributed by atoms with E-state index in [4.69, 9.17) is 5.73 Å². The zero-order valence-corrected chi connectivity index (χ0v) is 17.4. The van der Waals surface area contributed by atoms with Crippen molar-refractivity contribution in [2.75, 3.05) is 25.0 Å². The topological polar surface area (TPSA) is 97.4 Å². The first-order valence-electron chi connectivity index (χ1n) is 10.3. The predicted octanol–water partition coefficient (Wildman–Crippen LogP) is 2.25. The number of rotatable bonds is 7. The summed E-state index contributed by atoms with van der Waals surface area (Å²) in [6.45, 7) is 1.98. The number of aromatic nitrogens is 1. The molecule has 0 spiro atoms. The Morgan fingerprint density at radius 2 is 1.75 bits per heavy atom. The van der Waals surface area contributed by atoms with Crippen molar-refractivity contribution in [1.82, 2.24) is 9.47 Å². The van der Waals surface area contributed by atoms with Crippen LogP contribution in [0.25, 0.3) is 0 Å². The van der Waals surface area contributed by atoms with Gasteiger partial charge < -0.3 is 20.5 Å². The second kappa shape index (κ2) is 9.99. The van der Waals surface area contributed by atoms with E-state index in [0.717, 1.165) is 61.3 Å². The first-order chi connectivity index (χ1) is 15.1. The van der Waals surface area contributed by atoms with Crippen molar-refractivity contribution in [3.05, 3.63) is 64.1 Å². The maximum atomic E-state index is 12.8. The first-order valence-corrected chi connectivity index (χ1v) is 10.3. The zero-order chi connectivity index (χ0) is 23.3. The van der Waals surface area contributed by atoms with E-state index in [1.54, 1.807) is 12.1 Å². The molecule has 1 aromatic heterocycles. The molecule has 3 rings (SSSR count). The number of hydrogen-bond donors (Lipinski definition) is 2. The Labute approximate surface area is 183 Å². The molecule has 1 fully saturated rings. The third-order valence-corrected chi connectivity index (χ3v) is 5.58. The Morgan fingerprint density at radius 3 is 2.34 bits per heavy atom. The quantitative estimate of drug-likeness (QED) is 0.676. The van der Waals surface area contributed by atoms with E-state index in [1.807, 2.05) is 12.1 Å². The van der Waals surface area contributed by atoms with Crippen LogP contribution in [-0.4, -0.2) is 40.9 Å². The Kier molecular flexibility index (Phi) is 7.34. The average Bonchev–Trinajstić information content (AvgIpc) is 2.74. The van der Waals surface area contributed by atoms with Gasteiger partial charge in [0.05, 0.1) is 0 Å². The molecule has 10 heteroatoms. The summed E-state index contributed by atoms with van der Waals surface area (Å²) in [5.74, 6) is -0.877. The van der Waals surface area contributed by atoms with Crippen molar-refractivity contribution in [2.24, 2.45) is 11.7 Å². The van der Waals surface area contributed by atoms with Crippen LogP contribution in [-0.2, 0) is 28.7 Å². The summed E-state index contributed by atoms with van der Waals surface area (Å²) in [5.41, 5.74) is 4.33. The number of carbonyl (C=O) groups excluding carboxylic acids is 2. The highest BCUT2D eigenvalue weighted by Gasteiger charge is 2.34. The molecule has 1 saturated heterocycles. The Balaban J connectivity index is 1.50. The molecule has 172 valence electrons. The standard InChI is InChI=1S/C22H25F3N4O3/c23-22(24,25)18-2-1-10-29(21(18)32)14-19(30)27-17-5-3-15(4-6-17)7-11-28-12-8-16(9-13-28)20(26)31/h1-6,10,16H,7-9,11-14H2,(H2,26,31)(H,27,30). The third kappa shape index (κ3) is 6.19. The number of likely N-dealkylation sites (tertiary alicyclic amines) is 1. The Bertz CT molecular complexity index is 1010. The van der Waals surface area contributed by atoms with Gasteiger partial charge >= 0.3 is 6.18 Å². The van der Waals surface area contributed by atoms with Gasteiger partial charge in [0.1, 0.15) is 12.1 Å². The van der Waals surface area contributed by atoms with Gasteiger partial charge in [-0.15, -0.1) is 0 Å². The van der Waals surface area contributed by atoms with Crippen LogP contribution in [0.5, 0.6) is 0 Å². The summed E-state index contributed by atoms with van der Waals surface area (Å²) in [6, 6.07) is 8.92. The van der Waals surface area contributed by atoms with E-state index in [0.29, 0.717) is 11.8 Å². The molecule has 0 bridgehead atoms. The van der Waals surface area contributed by atoms with Crippen molar-refractivity contribution >= 4 is 17.5 Å². The molecule has 0 unspecified atom stereocenters. The number of alkyl halides is 3. The summed E-state index contributed by atoms with van der Waals surface area (Å²) >= 11 is 0. The van der Waals surface area contributed by atoms with Crippen LogP contribution < -0.4 is 16.6 Å². The molecule has 2 heterocycles. The molecule has 32 heavy (non-hydrogen) atoms. The molecule has 2 amide bonds. The van der Waals surface area contributed by atoms with E-state index in [9.17, 15) is 27.6 Å². The number of amides is 2. The van der Waals surface area contributed by atoms with Crippen LogP contribution in [0, 0.1) is 5.92 Å². The van der Waals surface area contributed by atoms with Gasteiger partial charge in [0, 0.05) is 24.3 Å². The smallest absolute Gasteiger partial charge is 0.369 e. The minimum atomic E-state index is -4.77. The molecule has 3 N–H and O–H groups in total. The van der Waals surface area contributed by atoms with Crippen LogP contribution in [0.2, 0.25) is 0 Å². The zero-order valence-electron chi connectivity index (χ0n) is 17.4. The normalized spacial score (nSPS) is 15.5. The minimum Gasteiger partial charge on any atom is -0.369 e. The number of carbonyl (C=O) groups is 2. The summed E-state index contributed by atoms with van der Waals surface area (Å²) in [4.78, 5) is 37.6. The average molecular weight is 450 g/mol. The Morgan fingerprint density at radius 1 is 1.09 bits per heavy atom. The van der Waals surface area contributed by atoms with Gasteiger partial charge in [-0.1, -0.05) is 12.1 Å². The minimum absolute atomic E-state index is 0.0408. The molecule has 0 aliphatic carbocycles. The second-order valence-corrected chi connectivity index (χ2v) is 7.87. The molecular weight excluding hydrogens is 425 g/mol. The lowest BCUT2D eigenvalue weighted by Gasteiger charge is -2.30. The number of pyridine rings is 1. The lowest BCUT2D eigenvalue weighted by molar-refractivity contribution is -0.139. The highest BCUT2D eigenvalue weighted by atomic mass is 19.4. The molecule has 1 aliphatic rings. The van der Waals surface area contributed by atoms with Gasteiger partial charge in [0.15, 0.2) is 0 Å². The van der Waals surface area contributed by atoms with E-state index in [-0.39, 0.29) is 11.8 Å². The van der Waals surface area contributed by atoms with Gasteiger partial charge in [0.25, 0.3) is 5.56 Å². The molecule has 2 aromatic rings. The Hall–Kier alpha value is -3.14. The van der Waals surface area contributed by atoms with E-state index in [2.05, 4.69) is 10.2 Å². The van der Waals surface area contributed by atoms with Gasteiger partial charge in [-0.2, -0.15) is 13.2 Å². The van der Waals surface area contributed by atoms with Gasteiger partial charge in [0.2, 0.25) is 11.8 Å². The van der Waals surface area contributed by atoms with E-state index in [1.165, 1.54) is 0 Å². The number of benzene rings is 1. The maximum Gasteiger partial charge on any atom is 0.421 e. The monoisotopic (exact) mass is 450 g/mol. The lowest BCUT2D eigenvalue weighted by atomic mass is 9.96. The molecule has 7 nitrogen and oxygen atoms in total. The molecule has 0 radical (unpaired) electrons. The van der Waals surface area contributed by atoms with E-state index >= 15 is 0 Å². The van der Waals surface area contributed by atoms with Gasteiger partial charge in [-0.3, -0.25) is 14.4 Å². The van der Waals surface area contributed by atoms with Crippen molar-refractivity contribution in [1.29, 1.82) is 0 Å². The molecule has 0 atom stereocenters. The van der Waals surface area contributed by atoms with Crippen LogP contribution in [0.4, 0.5) is 18.9 Å². The molecule has 0 saturated carbocycles. The summed E-state index contributed by atoms with van der Waals surface area (Å²) in [6.07, 6.45) is -1.28. The van der Waals surface area contributed by atoms with Crippen molar-refractivity contribution in [3.63, 3.8) is 0 Å². The first kappa shape index (κ1) is 23.5. The largest absolute Gasteiger partial charge is 0.421 e. The number of nitrogens with zero attached hydrogens (tertiary/aromatic N) is 2. The number of halogens is 3. The predicted molar refractivity (Wildman–Crippen MR) is 113 cm³/mol. The number of primary amides is 1. The fraction of sp³-hybridized carbons (Fsp3) is 0.409. The van der Waals surface area contributed by atoms with Crippen LogP contribution >= 0.6 is 0 Å². The highest BCUT2D eigenvalue weighted by Crippen LogP contribution is 2.26. The van der Waals surface area contributed by atoms with E-state index < -0.39 is 29.8 Å². The van der Waals surface area contributed by atoms with Gasteiger partial charge in [-0.25, -0.2) is 0 Å². The summed E-state index contributed by atoms with van der Waals surface area (Å²) in [5, 5.41) is 2.59. The fourth-order valence-electron chi connectivity index (χ4n) is 3.72. The second-order valence-electron chi connectivity index (χ2n) is 7.87. The number of anilines is 1. The fourth-order valence-corrected chi connectivity index (χ4v) is 3.72. The number of nitrogens with two attached hydrogens (primary N) is 1. The highest BCUT2D eigenvalue weighted by molar-refractivity contribution is 5.90. The third-order valence-electron chi connectivity index (χ3n) is 5.58. The summed E-state index contributed by atoms with van der Waals surface area (Å²) in [7, 11) is 0. The van der Waals surface area contributed by atoms with Crippen LogP contribution in [0.1, 0.15) is 24.0 Å². The van der Waals surface area contributed by atoms with Crippen molar-refractivity contribution in [3.8, 4) is 0 Å². The number of piperidine rings is 1. The maximum absolute atomic E-state index is 12.8. The number of nitrogens with one attached hydrogen (secondary N) is 1. The van der Waals surface area contributed by atoms with Crippen LogP contribution in [0.15, 0.2) is 47.4 Å². The van der Waals surface area contributed by atoms with Gasteiger partial charge in [-0.05, 0) is 62.2 Å². The van der Waals surface area contributed by atoms with Crippen LogP contribution in [0.3, 0.4) is 0 Å². The molecule has 1 aromatic carbocycles. The SMILES string of the molecule is NC(=O)C1CCN(CCc2ccc(NC(=O)Cn3cccc(C(F)(F)F)c3=O)cc2)CC1. The van der Waals surface area contributed by atoms with Crippen molar-refractivity contribution in [2.45, 2.75) is 32.0 Å². The summed E-state index contributed by atoms with van der Waals surface area (Å²) < 4.78 is 39.3. The molecular formula is C22H25F3N4O3. The molecule has 1 aliphatic heterocycles. The van der Waals surface area contributed by atoms with Crippen molar-refractivity contribution < 1.29 is 22.8 Å².